The summed E-state index contributed by atoms with van der Waals surface area (Å²) in [5, 5.41) is 88.9. The summed E-state index contributed by atoms with van der Waals surface area (Å²) in [5.41, 5.74) is 7.75. The monoisotopic (exact) mass is 1170 g/mol. The number of carboxylic acids is 1. The van der Waals surface area contributed by atoms with E-state index < -0.39 is 220 Å². The number of carboxylic acid groups (broad SMARTS) is 1. The molecule has 434 valence electrons. The number of nitrogens with one attached hydrogen (secondary N) is 1. The number of carbonyl (C=O) groups is 1. The first kappa shape index (κ1) is 63.0. The van der Waals surface area contributed by atoms with Crippen LogP contribution in [0.25, 0.3) is 0 Å². The molecule has 14 N–H and O–H groups in total. The zero-order chi connectivity index (χ0) is 55.7. The molecule has 0 amide bonds. The number of hydroxylamine groups is 1. The summed E-state index contributed by atoms with van der Waals surface area (Å²) >= 11 is 0. The largest absolute Gasteiger partial charge is 0.786 e. The molecule has 0 saturated carbocycles. The van der Waals surface area contributed by atoms with Crippen LogP contribution in [0.15, 0.2) is 0 Å². The van der Waals surface area contributed by atoms with Crippen LogP contribution >= 0.6 is 0 Å². The Hall–Kier alpha value is -1.81. The van der Waals surface area contributed by atoms with Gasteiger partial charge in [-0.1, -0.05) is 20.8 Å². The normalized spacial score (nSPS) is 44.0. The fraction of sp³-hybridized carbons (Fsp3) is 0.970. The van der Waals surface area contributed by atoms with Crippen molar-refractivity contribution in [2.75, 3.05) is 26.9 Å². The van der Waals surface area contributed by atoms with Gasteiger partial charge in [0.2, 0.25) is 0 Å². The lowest BCUT2D eigenvalue weighted by Gasteiger charge is -2.51. The average molecular weight is 1170 g/mol. The van der Waals surface area contributed by atoms with Crippen LogP contribution in [0.1, 0.15) is 20.8 Å². The smallest absolute Gasteiger partial charge is 0.397 e. The zero-order valence-electron chi connectivity index (χ0n) is 38.5. The molecule has 5 saturated heterocycles. The number of aliphatic hydroxyl groups excluding tert-OH is 6. The highest BCUT2D eigenvalue weighted by molar-refractivity contribution is 7.81. The number of aliphatic hydroxyl groups is 6. The van der Waals surface area contributed by atoms with Gasteiger partial charge in [-0.25, -0.2) is 21.5 Å². The second-order valence-corrected chi connectivity index (χ2v) is 21.6. The van der Waals surface area contributed by atoms with E-state index in [4.69, 9.17) is 62.2 Å². The van der Waals surface area contributed by atoms with E-state index in [1.54, 1.807) is 0 Å². The van der Waals surface area contributed by atoms with E-state index in [1.807, 2.05) is 0 Å². The third-order valence-electron chi connectivity index (χ3n) is 12.3. The van der Waals surface area contributed by atoms with Crippen molar-refractivity contribution < 1.29 is 157 Å². The van der Waals surface area contributed by atoms with E-state index in [0.717, 1.165) is 7.11 Å². The Kier molecular flexibility index (Phi) is 21.4. The summed E-state index contributed by atoms with van der Waals surface area (Å²) in [5.74, 6) is -5.59. The average Bonchev–Trinajstić information content (AvgIpc) is 3.29. The molecule has 5 rings (SSSR count). The summed E-state index contributed by atoms with van der Waals surface area (Å²) in [7, 11) is -20.2. The van der Waals surface area contributed by atoms with Crippen LogP contribution < -0.4 is 11.2 Å². The second kappa shape index (κ2) is 25.1. The lowest BCUT2D eigenvalue weighted by atomic mass is 9.88. The van der Waals surface area contributed by atoms with Crippen molar-refractivity contribution in [3.63, 3.8) is 0 Å². The molecule has 37 nitrogen and oxygen atoms in total. The van der Waals surface area contributed by atoms with Crippen molar-refractivity contribution in [1.82, 2.24) is 5.48 Å². The van der Waals surface area contributed by atoms with Gasteiger partial charge in [0, 0.05) is 24.9 Å². The second-order valence-electron chi connectivity index (χ2n) is 17.3. The molecule has 5 aliphatic heterocycles. The molecular formula is C33H57N2O35S4-. The Morgan fingerprint density at radius 3 is 1.50 bits per heavy atom. The van der Waals surface area contributed by atoms with E-state index in [9.17, 15) is 88.5 Å². The van der Waals surface area contributed by atoms with Crippen molar-refractivity contribution in [2.45, 2.75) is 156 Å². The molecule has 0 aromatic rings. The topological polar surface area (TPSA) is 566 Å². The van der Waals surface area contributed by atoms with Gasteiger partial charge in [0.05, 0.1) is 44.2 Å². The van der Waals surface area contributed by atoms with E-state index in [-0.39, 0.29) is 0 Å². The minimum atomic E-state index is -5.65. The maximum atomic E-state index is 12.6. The minimum absolute atomic E-state index is 1.05. The van der Waals surface area contributed by atoms with Crippen molar-refractivity contribution in [2.24, 2.45) is 23.5 Å². The van der Waals surface area contributed by atoms with Gasteiger partial charge in [0.1, 0.15) is 67.3 Å². The summed E-state index contributed by atoms with van der Waals surface area (Å²) in [6.07, 6.45) is -43.0. The molecule has 74 heavy (non-hydrogen) atoms. The Bertz CT molecular complexity index is 2320. The molecule has 0 spiro atoms. The Labute approximate surface area is 420 Å². The highest BCUT2D eigenvalue weighted by Crippen LogP contribution is 2.38. The first-order valence-electron chi connectivity index (χ1n) is 21.4. The van der Waals surface area contributed by atoms with Gasteiger partial charge >= 0.3 is 47.6 Å². The van der Waals surface area contributed by atoms with Gasteiger partial charge in [-0.15, -0.1) is 0 Å². The van der Waals surface area contributed by atoms with Crippen LogP contribution in [-0.2, 0) is 110 Å². The lowest BCUT2D eigenvalue weighted by Crippen LogP contribution is -2.68. The molecule has 0 aromatic heterocycles. The van der Waals surface area contributed by atoms with Gasteiger partial charge in [-0.2, -0.15) is 33.7 Å². The van der Waals surface area contributed by atoms with Crippen molar-refractivity contribution >= 4 is 47.6 Å². The highest BCUT2D eigenvalue weighted by Gasteiger charge is 2.57. The summed E-state index contributed by atoms with van der Waals surface area (Å²) in [4.78, 5) is 12.6. The van der Waals surface area contributed by atoms with Gasteiger partial charge in [0.15, 0.2) is 43.7 Å². The van der Waals surface area contributed by atoms with Gasteiger partial charge in [-0.05, 0) is 0 Å². The molecule has 0 bridgehead atoms. The summed E-state index contributed by atoms with van der Waals surface area (Å²) in [6.45, 7) is 0.313. The fourth-order valence-electron chi connectivity index (χ4n) is 8.41. The molecule has 41 heteroatoms. The van der Waals surface area contributed by atoms with Crippen LogP contribution in [0.2, 0.25) is 0 Å². The number of methoxy groups -OCH3 is 1. The van der Waals surface area contributed by atoms with Gasteiger partial charge in [-0.3, -0.25) is 18.2 Å². The molecule has 5 fully saturated rings. The van der Waals surface area contributed by atoms with E-state index in [0.29, 0.717) is 0 Å². The van der Waals surface area contributed by atoms with Crippen molar-refractivity contribution in [1.29, 1.82) is 0 Å². The number of aliphatic carboxylic acids is 1. The predicted molar refractivity (Wildman–Crippen MR) is 224 cm³/mol. The molecule has 5 heterocycles. The maximum Gasteiger partial charge on any atom is 0.397 e. The lowest BCUT2D eigenvalue weighted by molar-refractivity contribution is -0.375. The number of hydrogen-bond donors (Lipinski definition) is 13. The third-order valence-corrected chi connectivity index (χ3v) is 14.1. The minimum Gasteiger partial charge on any atom is -0.786 e. The fourth-order valence-corrected chi connectivity index (χ4v) is 9.81. The molecular weight excluding hydrogens is 1110 g/mol. The first-order chi connectivity index (χ1) is 34.1. The molecule has 0 radical (unpaired) electrons. The SMILES string of the molecule is CO[C@H]1OC(COS(=O)(=O)O)[C@@H](O[C@@H]2O[C@@H](N[O-])[C@@H](O[C@H]3OC(COS(=O)(=O)O)[C@@H](O[C@@H]4OC(C(=O)O)[C@@H](O[C@H]5OC(COS(=O)(=O)O)[C@@H](O)[C@H](O)C5C)[C@H](O)C4O)[C@H](C)C3N)C(O)C2OS(=O)(=O)O)[C@H](O)C1C. The number of nitrogens with two attached hydrogens (primary N) is 1. The Morgan fingerprint density at radius 1 is 0.514 bits per heavy atom. The van der Waals surface area contributed by atoms with Crippen LogP contribution in [0.4, 0.5) is 0 Å². The van der Waals surface area contributed by atoms with Crippen molar-refractivity contribution in [3.8, 4) is 0 Å². The molecule has 0 aliphatic carbocycles. The predicted octanol–water partition coefficient (Wildman–Crippen LogP) is -8.03. The highest BCUT2D eigenvalue weighted by atomic mass is 32.3. The molecule has 10 unspecified atom stereocenters. The Morgan fingerprint density at radius 2 is 0.986 bits per heavy atom. The number of hydrogen-bond acceptors (Lipinski definition) is 32. The maximum absolute atomic E-state index is 12.6. The van der Waals surface area contributed by atoms with Crippen LogP contribution in [0, 0.1) is 23.0 Å². The summed E-state index contributed by atoms with van der Waals surface area (Å²) < 4.78 is 204. The molecule has 0 aromatic carbocycles. The van der Waals surface area contributed by atoms with Crippen LogP contribution in [-0.4, -0.2) is 256 Å². The van der Waals surface area contributed by atoms with E-state index in [1.165, 1.54) is 26.3 Å². The van der Waals surface area contributed by atoms with E-state index >= 15 is 0 Å². The van der Waals surface area contributed by atoms with E-state index in [2.05, 4.69) is 16.7 Å². The van der Waals surface area contributed by atoms with Crippen LogP contribution in [0.3, 0.4) is 0 Å². The summed E-state index contributed by atoms with van der Waals surface area (Å²) in [6, 6.07) is -1.65. The quantitative estimate of drug-likeness (QED) is 0.0354. The molecule has 5 aliphatic rings. The zero-order valence-corrected chi connectivity index (χ0v) is 41.7. The number of ether oxygens (including phenoxy) is 10. The standard InChI is InChI=1S/C33H57N2O35S4/c1-8-14(34)31(67-24-20(41)25(70-74(54,55)56)33(69-27(24)35-44)65-22-13(7-60-73(51,52)53)62-29(57-4)10(3)16(22)37)63-12(6-59-72(48,49)50)21(8)64-32-19(40)18(39)23(26(68-32)28(42)43)66-30-9(2)15(36)17(38)11(61-30)5-58-71(45,46)47/h8-27,29-33,35-41H,5-7,34H2,1-4H3,(H,42,43)(H,45,46,47)(H,48,49,50)(H,51,52,53)(H,54,55,56)/q-1/t8-,9?,10?,11?,12?,13?,14?,15-,16-,17-,18-,19?,20?,21+,22-,23+,24+,25?,26?,27-,29+,30-,31-,32-,33-/m1/s1. The van der Waals surface area contributed by atoms with Crippen molar-refractivity contribution in [3.05, 3.63) is 5.21 Å². The Balaban J connectivity index is 1.38. The van der Waals surface area contributed by atoms with Crippen LogP contribution in [0.5, 0.6) is 0 Å². The first-order valence-corrected chi connectivity index (χ1v) is 26.9. The van der Waals surface area contributed by atoms with Gasteiger partial charge < -0.3 is 99.5 Å². The number of rotatable bonds is 22. The molecule has 25 atom stereocenters. The van der Waals surface area contributed by atoms with Gasteiger partial charge in [0.25, 0.3) is 0 Å². The third kappa shape index (κ3) is 15.9.